The van der Waals surface area contributed by atoms with Gasteiger partial charge in [-0.15, -0.1) is 0 Å². The van der Waals surface area contributed by atoms with E-state index < -0.39 is 0 Å². The van der Waals surface area contributed by atoms with Gasteiger partial charge in [0.25, 0.3) is 0 Å². The number of hydrogen-bond donors (Lipinski definition) is 2. The Morgan fingerprint density at radius 2 is 1.62 bits per heavy atom. The van der Waals surface area contributed by atoms with Crippen molar-refractivity contribution in [3.63, 3.8) is 0 Å². The molecule has 0 atom stereocenters. The van der Waals surface area contributed by atoms with Crippen molar-refractivity contribution in [1.82, 2.24) is 4.98 Å². The summed E-state index contributed by atoms with van der Waals surface area (Å²) in [4.78, 5) is 18.7. The maximum Gasteiger partial charge on any atom is 0.224 e. The standard InChI is InChI=1S/C39H39N5O3S/c1-4-39(45)42-36-19-18-34(23-38(36)46-22-20-30-7-6-21-41-25-30)47-33-16-14-32(15-17-33)27-44(26-31-12-10-29(24-40)11-13-31)37-9-5-8-35(28(37)2)43-48-3/h5-19,21,23,25,43H,4,20,22,26-27H2,1-3H3,(H,42,45). The summed E-state index contributed by atoms with van der Waals surface area (Å²) in [6.45, 7) is 5.72. The maximum absolute atomic E-state index is 12.2. The summed E-state index contributed by atoms with van der Waals surface area (Å²) in [5.74, 6) is 1.74. The lowest BCUT2D eigenvalue weighted by molar-refractivity contribution is -0.115. The lowest BCUT2D eigenvalue weighted by atomic mass is 10.1. The van der Waals surface area contributed by atoms with E-state index in [2.05, 4.69) is 63.2 Å². The first-order chi connectivity index (χ1) is 23.4. The van der Waals surface area contributed by atoms with Gasteiger partial charge in [-0.2, -0.15) is 5.26 Å². The van der Waals surface area contributed by atoms with Gasteiger partial charge in [-0.25, -0.2) is 0 Å². The second-order valence-electron chi connectivity index (χ2n) is 11.2. The van der Waals surface area contributed by atoms with Crippen molar-refractivity contribution in [2.24, 2.45) is 0 Å². The Labute approximate surface area is 286 Å². The fraction of sp³-hybridized carbons (Fsp3) is 0.205. The molecule has 0 aliphatic carbocycles. The van der Waals surface area contributed by atoms with E-state index in [0.717, 1.165) is 33.6 Å². The molecule has 5 aromatic rings. The van der Waals surface area contributed by atoms with Crippen molar-refractivity contribution in [2.75, 3.05) is 27.8 Å². The first-order valence-electron chi connectivity index (χ1n) is 15.8. The van der Waals surface area contributed by atoms with E-state index in [-0.39, 0.29) is 5.91 Å². The molecule has 1 heterocycles. The van der Waals surface area contributed by atoms with Crippen LogP contribution in [0.5, 0.6) is 17.2 Å². The van der Waals surface area contributed by atoms with Gasteiger partial charge in [0.05, 0.1) is 23.9 Å². The van der Waals surface area contributed by atoms with Crippen LogP contribution in [0.15, 0.2) is 109 Å². The number of nitrogens with zero attached hydrogens (tertiary/aromatic N) is 3. The molecule has 4 aromatic carbocycles. The molecule has 48 heavy (non-hydrogen) atoms. The molecule has 9 heteroatoms. The van der Waals surface area contributed by atoms with Crippen LogP contribution in [-0.4, -0.2) is 23.8 Å². The Bertz CT molecular complexity index is 1840. The summed E-state index contributed by atoms with van der Waals surface area (Å²) < 4.78 is 15.7. The summed E-state index contributed by atoms with van der Waals surface area (Å²) in [6, 6.07) is 33.7. The average molecular weight is 658 g/mol. The smallest absolute Gasteiger partial charge is 0.224 e. The second-order valence-corrected chi connectivity index (χ2v) is 11.8. The molecule has 0 bridgehead atoms. The lowest BCUT2D eigenvalue weighted by Crippen LogP contribution is -2.23. The van der Waals surface area contributed by atoms with Crippen molar-refractivity contribution < 1.29 is 14.3 Å². The number of nitrogens with one attached hydrogen (secondary N) is 2. The molecular formula is C39H39N5O3S. The number of nitriles is 1. The van der Waals surface area contributed by atoms with Crippen LogP contribution in [0.3, 0.4) is 0 Å². The number of hydrogen-bond acceptors (Lipinski definition) is 8. The summed E-state index contributed by atoms with van der Waals surface area (Å²) >= 11 is 1.57. The zero-order valence-electron chi connectivity index (χ0n) is 27.4. The summed E-state index contributed by atoms with van der Waals surface area (Å²) in [5.41, 5.74) is 7.93. The average Bonchev–Trinajstić information content (AvgIpc) is 3.11. The van der Waals surface area contributed by atoms with Gasteiger partial charge < -0.3 is 24.4 Å². The van der Waals surface area contributed by atoms with Crippen LogP contribution in [0.4, 0.5) is 17.1 Å². The minimum Gasteiger partial charge on any atom is -0.491 e. The van der Waals surface area contributed by atoms with Gasteiger partial charge in [0.15, 0.2) is 0 Å². The van der Waals surface area contributed by atoms with Crippen molar-refractivity contribution >= 4 is 34.9 Å². The van der Waals surface area contributed by atoms with Gasteiger partial charge in [0, 0.05) is 62.0 Å². The molecule has 8 nitrogen and oxygen atoms in total. The van der Waals surface area contributed by atoms with Crippen LogP contribution < -0.4 is 24.4 Å². The third-order valence-electron chi connectivity index (χ3n) is 7.77. The molecule has 0 aliphatic heterocycles. The molecule has 244 valence electrons. The van der Waals surface area contributed by atoms with Gasteiger partial charge in [-0.1, -0.05) is 55.3 Å². The highest BCUT2D eigenvalue weighted by Crippen LogP contribution is 2.34. The Kier molecular flexibility index (Phi) is 11.9. The Morgan fingerprint density at radius 1 is 0.896 bits per heavy atom. The molecule has 0 aliphatic rings. The first-order valence-corrected chi connectivity index (χ1v) is 17.0. The highest BCUT2D eigenvalue weighted by atomic mass is 32.2. The van der Waals surface area contributed by atoms with Crippen molar-refractivity contribution in [3.8, 4) is 23.3 Å². The monoisotopic (exact) mass is 657 g/mol. The molecule has 0 saturated carbocycles. The number of benzene rings is 4. The molecule has 1 amide bonds. The van der Waals surface area contributed by atoms with Gasteiger partial charge in [0.1, 0.15) is 17.2 Å². The van der Waals surface area contributed by atoms with E-state index in [1.54, 1.807) is 30.3 Å². The number of pyridine rings is 1. The third-order valence-corrected chi connectivity index (χ3v) is 8.19. The minimum absolute atomic E-state index is 0.0907. The second kappa shape index (κ2) is 16.9. The maximum atomic E-state index is 12.2. The van der Waals surface area contributed by atoms with Crippen molar-refractivity contribution in [1.29, 1.82) is 5.26 Å². The van der Waals surface area contributed by atoms with Gasteiger partial charge in [0.2, 0.25) is 5.91 Å². The molecule has 0 spiro atoms. The predicted molar refractivity (Wildman–Crippen MR) is 195 cm³/mol. The SMILES string of the molecule is CCC(=O)Nc1ccc(Oc2ccc(CN(Cc3ccc(C#N)cc3)c3cccc(NSC)c3C)cc2)cc1OCCc1cccnc1. The number of carbonyl (C=O) groups excluding carboxylic acids is 1. The fourth-order valence-electron chi connectivity index (χ4n) is 5.19. The molecule has 0 radical (unpaired) electrons. The summed E-state index contributed by atoms with van der Waals surface area (Å²) in [7, 11) is 0. The zero-order valence-corrected chi connectivity index (χ0v) is 28.2. The van der Waals surface area contributed by atoms with E-state index in [0.29, 0.717) is 61.0 Å². The number of ether oxygens (including phenoxy) is 2. The van der Waals surface area contributed by atoms with E-state index in [1.807, 2.05) is 74.0 Å². The first kappa shape index (κ1) is 33.9. The highest BCUT2D eigenvalue weighted by Gasteiger charge is 2.15. The van der Waals surface area contributed by atoms with Crippen molar-refractivity contribution in [2.45, 2.75) is 39.8 Å². The van der Waals surface area contributed by atoms with Gasteiger partial charge >= 0.3 is 0 Å². The Morgan fingerprint density at radius 3 is 2.29 bits per heavy atom. The topological polar surface area (TPSA) is 99.5 Å². The van der Waals surface area contributed by atoms with Crippen LogP contribution in [0.1, 0.15) is 41.2 Å². The number of aromatic nitrogens is 1. The normalized spacial score (nSPS) is 10.5. The van der Waals surface area contributed by atoms with Crippen LogP contribution in [0.2, 0.25) is 0 Å². The Balaban J connectivity index is 1.32. The molecule has 0 fully saturated rings. The van der Waals surface area contributed by atoms with E-state index in [4.69, 9.17) is 9.47 Å². The van der Waals surface area contributed by atoms with Gasteiger partial charge in [-0.05, 0) is 83.8 Å². The number of rotatable bonds is 15. The Hall–Kier alpha value is -5.46. The molecule has 0 saturated heterocycles. The highest BCUT2D eigenvalue weighted by molar-refractivity contribution is 7.99. The quantitative estimate of drug-likeness (QED) is 0.108. The van der Waals surface area contributed by atoms with Crippen LogP contribution in [0.25, 0.3) is 0 Å². The van der Waals surface area contributed by atoms with E-state index >= 15 is 0 Å². The zero-order chi connectivity index (χ0) is 33.7. The lowest BCUT2D eigenvalue weighted by Gasteiger charge is -2.28. The number of anilines is 3. The van der Waals surface area contributed by atoms with Crippen molar-refractivity contribution in [3.05, 3.63) is 137 Å². The largest absolute Gasteiger partial charge is 0.491 e. The number of carbonyl (C=O) groups is 1. The molecule has 2 N–H and O–H groups in total. The molecule has 1 aromatic heterocycles. The predicted octanol–water partition coefficient (Wildman–Crippen LogP) is 8.92. The number of amides is 1. The summed E-state index contributed by atoms with van der Waals surface area (Å²) in [5, 5.41) is 12.2. The van der Waals surface area contributed by atoms with E-state index in [9.17, 15) is 10.1 Å². The van der Waals surface area contributed by atoms with Gasteiger partial charge in [-0.3, -0.25) is 9.78 Å². The minimum atomic E-state index is -0.0907. The fourth-order valence-corrected chi connectivity index (χ4v) is 5.63. The molecule has 0 unspecified atom stereocenters. The molecular weight excluding hydrogens is 619 g/mol. The van der Waals surface area contributed by atoms with Crippen LogP contribution in [-0.2, 0) is 24.3 Å². The van der Waals surface area contributed by atoms with Crippen LogP contribution in [0, 0.1) is 18.3 Å². The molecule has 5 rings (SSSR count). The third kappa shape index (κ3) is 9.30. The van der Waals surface area contributed by atoms with Crippen LogP contribution >= 0.6 is 11.9 Å². The summed E-state index contributed by atoms with van der Waals surface area (Å²) in [6.07, 6.45) is 6.63. The van der Waals surface area contributed by atoms with E-state index in [1.165, 1.54) is 0 Å².